The van der Waals surface area contributed by atoms with Crippen LogP contribution in [0.5, 0.6) is 0 Å². The van der Waals surface area contributed by atoms with E-state index in [9.17, 15) is 9.18 Å². The first-order chi connectivity index (χ1) is 11.7. The Morgan fingerprint density at radius 1 is 1.29 bits per heavy atom. The van der Waals surface area contributed by atoms with Crippen molar-refractivity contribution < 1.29 is 18.7 Å². The van der Waals surface area contributed by atoms with Gasteiger partial charge in [-0.2, -0.15) is 4.98 Å². The molecule has 132 valence electrons. The fourth-order valence-corrected chi connectivity index (χ4v) is 3.07. The maximum Gasteiger partial charge on any atom is 0.309 e. The van der Waals surface area contributed by atoms with Gasteiger partial charge >= 0.3 is 5.97 Å². The van der Waals surface area contributed by atoms with Crippen molar-refractivity contribution in [2.24, 2.45) is 5.92 Å². The molecule has 3 rings (SSSR count). The van der Waals surface area contributed by atoms with Crippen LogP contribution < -0.4 is 9.80 Å². The Balaban J connectivity index is 1.66. The molecule has 2 aliphatic heterocycles. The van der Waals surface area contributed by atoms with E-state index in [1.54, 1.807) is 0 Å². The molecule has 0 N–H and O–H groups in total. The van der Waals surface area contributed by atoms with Gasteiger partial charge in [-0.05, 0) is 19.8 Å². The van der Waals surface area contributed by atoms with Crippen molar-refractivity contribution in [2.75, 3.05) is 55.8 Å². The van der Waals surface area contributed by atoms with Gasteiger partial charge in [-0.15, -0.1) is 0 Å². The summed E-state index contributed by atoms with van der Waals surface area (Å²) in [5.74, 6) is 0.226. The van der Waals surface area contributed by atoms with Crippen molar-refractivity contribution in [2.45, 2.75) is 19.8 Å². The Hall–Kier alpha value is -1.96. The largest absolute Gasteiger partial charge is 0.466 e. The third-order valence-electron chi connectivity index (χ3n) is 4.42. The number of aromatic nitrogens is 2. The van der Waals surface area contributed by atoms with E-state index in [0.717, 1.165) is 0 Å². The van der Waals surface area contributed by atoms with Crippen LogP contribution in [0.4, 0.5) is 16.2 Å². The van der Waals surface area contributed by atoms with Gasteiger partial charge < -0.3 is 19.3 Å². The lowest BCUT2D eigenvalue weighted by Gasteiger charge is -2.32. The molecular weight excluding hydrogens is 315 g/mol. The van der Waals surface area contributed by atoms with Crippen LogP contribution in [0.3, 0.4) is 0 Å². The highest BCUT2D eigenvalue weighted by atomic mass is 19.1. The van der Waals surface area contributed by atoms with Gasteiger partial charge in [0.2, 0.25) is 5.95 Å². The van der Waals surface area contributed by atoms with E-state index in [-0.39, 0.29) is 11.9 Å². The molecule has 3 heterocycles. The van der Waals surface area contributed by atoms with Gasteiger partial charge in [0.1, 0.15) is 0 Å². The van der Waals surface area contributed by atoms with Crippen LogP contribution in [0, 0.1) is 11.7 Å². The summed E-state index contributed by atoms with van der Waals surface area (Å²) < 4.78 is 24.5. The lowest BCUT2D eigenvalue weighted by Crippen LogP contribution is -2.39. The van der Waals surface area contributed by atoms with Crippen molar-refractivity contribution in [3.05, 3.63) is 12.0 Å². The van der Waals surface area contributed by atoms with Crippen LogP contribution >= 0.6 is 0 Å². The average Bonchev–Trinajstić information content (AvgIpc) is 2.63. The molecule has 2 fully saturated rings. The van der Waals surface area contributed by atoms with Gasteiger partial charge in [0.05, 0.1) is 31.9 Å². The maximum absolute atomic E-state index is 14.1. The van der Waals surface area contributed by atoms with Crippen LogP contribution in [-0.4, -0.2) is 61.9 Å². The summed E-state index contributed by atoms with van der Waals surface area (Å²) in [7, 11) is 0. The van der Waals surface area contributed by atoms with Gasteiger partial charge in [0.25, 0.3) is 0 Å². The Morgan fingerprint density at radius 2 is 2.00 bits per heavy atom. The zero-order valence-electron chi connectivity index (χ0n) is 13.9. The molecule has 8 heteroatoms. The van der Waals surface area contributed by atoms with Gasteiger partial charge in [0.15, 0.2) is 11.6 Å². The third-order valence-corrected chi connectivity index (χ3v) is 4.42. The van der Waals surface area contributed by atoms with Crippen LogP contribution in [0.15, 0.2) is 6.20 Å². The predicted molar refractivity (Wildman–Crippen MR) is 86.6 cm³/mol. The van der Waals surface area contributed by atoms with Crippen molar-refractivity contribution in [1.29, 1.82) is 0 Å². The smallest absolute Gasteiger partial charge is 0.309 e. The summed E-state index contributed by atoms with van der Waals surface area (Å²) in [5.41, 5.74) is 0. The zero-order chi connectivity index (χ0) is 16.9. The van der Waals surface area contributed by atoms with Gasteiger partial charge in [-0.25, -0.2) is 9.37 Å². The standard InChI is InChI=1S/C16H23FN4O3/c1-2-24-15(22)12-3-5-21(6-4-12)16-18-11-13(17)14(19-16)20-7-9-23-10-8-20/h11-12H,2-10H2,1H3. The number of nitrogens with zero attached hydrogens (tertiary/aromatic N) is 4. The van der Waals surface area contributed by atoms with E-state index in [1.807, 2.05) is 16.7 Å². The molecule has 1 aromatic heterocycles. The van der Waals surface area contributed by atoms with Crippen LogP contribution in [0.1, 0.15) is 19.8 Å². The topological polar surface area (TPSA) is 67.8 Å². The fraction of sp³-hybridized carbons (Fsp3) is 0.688. The summed E-state index contributed by atoms with van der Waals surface area (Å²) in [6, 6.07) is 0. The molecule has 0 atom stereocenters. The quantitative estimate of drug-likeness (QED) is 0.765. The minimum Gasteiger partial charge on any atom is -0.466 e. The van der Waals surface area contributed by atoms with Gasteiger partial charge in [-0.1, -0.05) is 0 Å². The third kappa shape index (κ3) is 3.75. The average molecular weight is 338 g/mol. The Morgan fingerprint density at radius 3 is 2.67 bits per heavy atom. The minimum atomic E-state index is -0.415. The molecule has 0 amide bonds. The first-order valence-corrected chi connectivity index (χ1v) is 8.46. The second kappa shape index (κ2) is 7.74. The number of piperidine rings is 1. The lowest BCUT2D eigenvalue weighted by atomic mass is 9.97. The summed E-state index contributed by atoms with van der Waals surface area (Å²) >= 11 is 0. The van der Waals surface area contributed by atoms with Crippen LogP contribution in [-0.2, 0) is 14.3 Å². The highest BCUT2D eigenvalue weighted by Gasteiger charge is 2.28. The van der Waals surface area contributed by atoms with Crippen molar-refractivity contribution in [3.63, 3.8) is 0 Å². The molecule has 0 unspecified atom stereocenters. The van der Waals surface area contributed by atoms with E-state index >= 15 is 0 Å². The number of carbonyl (C=O) groups is 1. The molecular formula is C16H23FN4O3. The molecule has 0 bridgehead atoms. The molecule has 0 saturated carbocycles. The van der Waals surface area contributed by atoms with Gasteiger partial charge in [-0.3, -0.25) is 4.79 Å². The minimum absolute atomic E-state index is 0.0691. The number of ether oxygens (including phenoxy) is 2. The fourth-order valence-electron chi connectivity index (χ4n) is 3.07. The first-order valence-electron chi connectivity index (χ1n) is 8.46. The molecule has 2 aliphatic rings. The molecule has 7 nitrogen and oxygen atoms in total. The highest BCUT2D eigenvalue weighted by Crippen LogP contribution is 2.25. The number of anilines is 2. The number of esters is 1. The predicted octanol–water partition coefficient (Wildman–Crippen LogP) is 1.23. The van der Waals surface area contributed by atoms with Crippen molar-refractivity contribution >= 4 is 17.7 Å². The van der Waals surface area contributed by atoms with Crippen LogP contribution in [0.25, 0.3) is 0 Å². The monoisotopic (exact) mass is 338 g/mol. The second-order valence-electron chi connectivity index (χ2n) is 5.95. The zero-order valence-corrected chi connectivity index (χ0v) is 13.9. The number of carbonyl (C=O) groups excluding carboxylic acids is 1. The maximum atomic E-state index is 14.1. The summed E-state index contributed by atoms with van der Waals surface area (Å²) in [6.07, 6.45) is 2.63. The number of hydrogen-bond donors (Lipinski definition) is 0. The summed E-state index contributed by atoms with van der Waals surface area (Å²) in [5, 5.41) is 0. The molecule has 1 aromatic rings. The molecule has 0 aliphatic carbocycles. The number of rotatable bonds is 4. The number of hydrogen-bond acceptors (Lipinski definition) is 7. The second-order valence-corrected chi connectivity index (χ2v) is 5.95. The lowest BCUT2D eigenvalue weighted by molar-refractivity contribution is -0.148. The number of halogens is 1. The van der Waals surface area contributed by atoms with E-state index in [1.165, 1.54) is 6.20 Å². The molecule has 0 aromatic carbocycles. The van der Waals surface area contributed by atoms with Crippen molar-refractivity contribution in [1.82, 2.24) is 9.97 Å². The first kappa shape index (κ1) is 16.9. The highest BCUT2D eigenvalue weighted by molar-refractivity contribution is 5.72. The molecule has 0 radical (unpaired) electrons. The number of morpholine rings is 1. The molecule has 0 spiro atoms. The van der Waals surface area contributed by atoms with E-state index in [2.05, 4.69) is 9.97 Å². The van der Waals surface area contributed by atoms with E-state index < -0.39 is 5.82 Å². The summed E-state index contributed by atoms with van der Waals surface area (Å²) in [4.78, 5) is 24.2. The normalized spacial score (nSPS) is 19.4. The van der Waals surface area contributed by atoms with E-state index in [0.29, 0.717) is 70.6 Å². The van der Waals surface area contributed by atoms with Crippen LogP contribution in [0.2, 0.25) is 0 Å². The van der Waals surface area contributed by atoms with Crippen molar-refractivity contribution in [3.8, 4) is 0 Å². The van der Waals surface area contributed by atoms with E-state index in [4.69, 9.17) is 9.47 Å². The van der Waals surface area contributed by atoms with Gasteiger partial charge in [0, 0.05) is 26.2 Å². The Labute approximate surface area is 140 Å². The Bertz CT molecular complexity index is 572. The SMILES string of the molecule is CCOC(=O)C1CCN(c2ncc(F)c(N3CCOCC3)n2)CC1. The molecule has 24 heavy (non-hydrogen) atoms. The molecule has 2 saturated heterocycles. The summed E-state index contributed by atoms with van der Waals surface area (Å²) in [6.45, 7) is 5.94. The Kier molecular flexibility index (Phi) is 5.44.